The van der Waals surface area contributed by atoms with Crippen LogP contribution in [-0.2, 0) is 13.8 Å². The summed E-state index contributed by atoms with van der Waals surface area (Å²) in [4.78, 5) is 22.8. The highest BCUT2D eigenvalue weighted by Gasteiger charge is 2.57. The third kappa shape index (κ3) is 2.79. The smallest absolute Gasteiger partial charge is 0.385 e. The maximum atomic E-state index is 10.9. The third-order valence-corrected chi connectivity index (χ3v) is 5.86. The molecule has 4 heterocycles. The molecule has 142 valence electrons. The van der Waals surface area contributed by atoms with Gasteiger partial charge in [0.2, 0.25) is 0 Å². The summed E-state index contributed by atoms with van der Waals surface area (Å²) in [5, 5.41) is 10.9. The minimum atomic E-state index is -3.48. The molecule has 1 aromatic carbocycles. The van der Waals surface area contributed by atoms with Gasteiger partial charge in [0, 0.05) is 5.56 Å². The van der Waals surface area contributed by atoms with E-state index in [0.717, 1.165) is 5.56 Å². The molecule has 2 radical (unpaired) electrons. The summed E-state index contributed by atoms with van der Waals surface area (Å²) in [5.41, 5.74) is 7.57. The molecule has 5 rings (SSSR count). The lowest BCUT2D eigenvalue weighted by Gasteiger charge is -2.27. The van der Waals surface area contributed by atoms with Crippen LogP contribution in [0.15, 0.2) is 36.7 Å². The lowest BCUT2D eigenvalue weighted by Crippen LogP contribution is -2.40. The van der Waals surface area contributed by atoms with Gasteiger partial charge in [-0.05, 0) is 0 Å². The first-order valence-corrected chi connectivity index (χ1v) is 10.2. The standard InChI is InChI=1S/C16H16BN5O5P/c17-28(24)25-6-9-12(27-28)11(23)16(26-9)22-14(8-4-2-1-3-5-8)21-10-13(18)19-7-20-15(10)22/h1-5,7,9,11-12,16,23-24H,6H2,(H2,18,19,20)/q+1/t9-,11-,12-,16-,28?/m1/s1. The fourth-order valence-corrected chi connectivity index (χ4v) is 4.57. The van der Waals surface area contributed by atoms with E-state index >= 15 is 0 Å². The zero-order chi connectivity index (χ0) is 19.5. The van der Waals surface area contributed by atoms with Gasteiger partial charge in [0.15, 0.2) is 29.3 Å². The molecule has 2 aromatic heterocycles. The van der Waals surface area contributed by atoms with Crippen LogP contribution in [0.4, 0.5) is 5.82 Å². The number of rotatable bonds is 2. The molecule has 0 amide bonds. The number of anilines is 1. The van der Waals surface area contributed by atoms with E-state index in [4.69, 9.17) is 27.1 Å². The fourth-order valence-electron chi connectivity index (χ4n) is 3.54. The maximum absolute atomic E-state index is 10.9. The Morgan fingerprint density at radius 1 is 1.25 bits per heavy atom. The molecule has 0 aliphatic carbocycles. The topological polar surface area (TPSA) is 138 Å². The number of ether oxygens (including phenoxy) is 1. The largest absolute Gasteiger partial charge is 0.488 e. The number of aromatic nitrogens is 4. The molecule has 12 heteroatoms. The number of imidazole rings is 1. The number of aliphatic hydroxyl groups is 1. The highest BCUT2D eigenvalue weighted by molar-refractivity contribution is 7.85. The van der Waals surface area contributed by atoms with Crippen molar-refractivity contribution in [3.63, 3.8) is 0 Å². The minimum absolute atomic E-state index is 0.00340. The molecule has 2 aliphatic heterocycles. The molecule has 2 saturated heterocycles. The summed E-state index contributed by atoms with van der Waals surface area (Å²) in [6, 6.07) is 9.38. The van der Waals surface area contributed by atoms with Crippen LogP contribution in [0.2, 0.25) is 0 Å². The van der Waals surface area contributed by atoms with E-state index in [0.29, 0.717) is 17.0 Å². The Balaban J connectivity index is 1.65. The molecular formula is C16H16BN5O5P+. The van der Waals surface area contributed by atoms with Gasteiger partial charge in [0.1, 0.15) is 31.0 Å². The van der Waals surface area contributed by atoms with Crippen molar-refractivity contribution in [3.8, 4) is 11.4 Å². The van der Waals surface area contributed by atoms with Crippen molar-refractivity contribution < 1.29 is 23.8 Å². The van der Waals surface area contributed by atoms with Gasteiger partial charge in [-0.1, -0.05) is 30.3 Å². The number of hydrogen-bond donors (Lipinski definition) is 3. The summed E-state index contributed by atoms with van der Waals surface area (Å²) in [7, 11) is 2.11. The summed E-state index contributed by atoms with van der Waals surface area (Å²) < 4.78 is 18.2. The lowest BCUT2D eigenvalue weighted by atomic mass is 10.1. The van der Waals surface area contributed by atoms with Gasteiger partial charge >= 0.3 is 15.4 Å². The second-order valence-corrected chi connectivity index (χ2v) is 8.19. The quantitative estimate of drug-likeness (QED) is 0.417. The van der Waals surface area contributed by atoms with Crippen LogP contribution in [0.3, 0.4) is 0 Å². The average Bonchev–Trinajstić information content (AvgIpc) is 3.21. The first-order valence-electron chi connectivity index (χ1n) is 8.55. The Morgan fingerprint density at radius 3 is 2.82 bits per heavy atom. The van der Waals surface area contributed by atoms with Crippen molar-refractivity contribution in [2.75, 3.05) is 12.3 Å². The molecule has 2 aliphatic rings. The van der Waals surface area contributed by atoms with Crippen LogP contribution in [0.25, 0.3) is 22.6 Å². The van der Waals surface area contributed by atoms with E-state index in [1.807, 2.05) is 30.3 Å². The molecule has 5 atom stereocenters. The molecule has 0 spiro atoms. The molecule has 3 aromatic rings. The Hall–Kier alpha value is -2.14. The summed E-state index contributed by atoms with van der Waals surface area (Å²) >= 11 is 0. The van der Waals surface area contributed by atoms with Crippen molar-refractivity contribution in [2.45, 2.75) is 24.5 Å². The Morgan fingerprint density at radius 2 is 2.04 bits per heavy atom. The lowest BCUT2D eigenvalue weighted by molar-refractivity contribution is -0.0598. The predicted octanol–water partition coefficient (Wildman–Crippen LogP) is 0.588. The SMILES string of the molecule is [B][P+]1(O)OC[C@H]2O[C@@H](n3c(-c4ccccc4)nc4c(N)ncnc43)[C@H](O)[C@@H]2O1. The number of nitrogens with zero attached hydrogens (tertiary/aromatic N) is 4. The van der Waals surface area contributed by atoms with Crippen molar-refractivity contribution in [1.82, 2.24) is 19.5 Å². The average molecular weight is 400 g/mol. The highest BCUT2D eigenvalue weighted by atomic mass is 31.2. The predicted molar refractivity (Wildman–Crippen MR) is 101 cm³/mol. The van der Waals surface area contributed by atoms with Crippen LogP contribution in [0.5, 0.6) is 0 Å². The zero-order valence-electron chi connectivity index (χ0n) is 14.5. The Bertz CT molecular complexity index is 1030. The van der Waals surface area contributed by atoms with E-state index in [1.54, 1.807) is 4.57 Å². The van der Waals surface area contributed by atoms with Crippen LogP contribution in [0, 0.1) is 0 Å². The van der Waals surface area contributed by atoms with Gasteiger partial charge in [-0.3, -0.25) is 4.57 Å². The van der Waals surface area contributed by atoms with Crippen LogP contribution >= 0.6 is 7.82 Å². The summed E-state index contributed by atoms with van der Waals surface area (Å²) in [6.07, 6.45) is -2.17. The van der Waals surface area contributed by atoms with Gasteiger partial charge in [-0.2, -0.15) is 9.05 Å². The molecule has 0 saturated carbocycles. The van der Waals surface area contributed by atoms with Crippen molar-refractivity contribution >= 4 is 32.4 Å². The van der Waals surface area contributed by atoms with E-state index in [2.05, 4.69) is 15.0 Å². The first kappa shape index (κ1) is 17.9. The van der Waals surface area contributed by atoms with Gasteiger partial charge in [-0.25, -0.2) is 19.8 Å². The van der Waals surface area contributed by atoms with Gasteiger partial charge in [0.25, 0.3) is 0 Å². The third-order valence-electron chi connectivity index (χ3n) is 4.80. The normalized spacial score (nSPS) is 32.5. The number of fused-ring (bicyclic) bond motifs is 2. The van der Waals surface area contributed by atoms with Gasteiger partial charge in [0.05, 0.1) is 0 Å². The highest BCUT2D eigenvalue weighted by Crippen LogP contribution is 2.58. The van der Waals surface area contributed by atoms with E-state index in [1.165, 1.54) is 6.33 Å². The summed E-state index contributed by atoms with van der Waals surface area (Å²) in [5.74, 6) is 0.719. The second kappa shape index (κ2) is 6.45. The number of hydrogen-bond acceptors (Lipinski definition) is 9. The maximum Gasteiger partial charge on any atom is 0.488 e. The molecule has 28 heavy (non-hydrogen) atoms. The van der Waals surface area contributed by atoms with E-state index in [-0.39, 0.29) is 12.4 Å². The zero-order valence-corrected chi connectivity index (χ0v) is 15.4. The van der Waals surface area contributed by atoms with Gasteiger partial charge in [-0.15, -0.1) is 0 Å². The van der Waals surface area contributed by atoms with Crippen LogP contribution in [0.1, 0.15) is 6.23 Å². The molecule has 2 fully saturated rings. The molecule has 1 unspecified atom stereocenters. The van der Waals surface area contributed by atoms with Crippen LogP contribution < -0.4 is 5.73 Å². The number of benzene rings is 1. The summed E-state index contributed by atoms with van der Waals surface area (Å²) in [6.45, 7) is 0.00340. The van der Waals surface area contributed by atoms with Crippen molar-refractivity contribution in [2.24, 2.45) is 0 Å². The van der Waals surface area contributed by atoms with Crippen molar-refractivity contribution in [1.29, 1.82) is 0 Å². The Kier molecular flexibility index (Phi) is 4.13. The Labute approximate surface area is 161 Å². The molecule has 0 bridgehead atoms. The van der Waals surface area contributed by atoms with Crippen molar-refractivity contribution in [3.05, 3.63) is 36.7 Å². The number of aliphatic hydroxyl groups excluding tert-OH is 1. The minimum Gasteiger partial charge on any atom is -0.385 e. The molecule has 10 nitrogen and oxygen atoms in total. The number of nitrogens with two attached hydrogens (primary N) is 1. The first-order chi connectivity index (χ1) is 13.4. The number of nitrogen functional groups attached to an aromatic ring is 1. The van der Waals surface area contributed by atoms with E-state index < -0.39 is 32.4 Å². The fraction of sp³-hybridized carbons (Fsp3) is 0.312. The van der Waals surface area contributed by atoms with E-state index in [9.17, 15) is 10.00 Å². The monoisotopic (exact) mass is 400 g/mol. The van der Waals surface area contributed by atoms with Gasteiger partial charge < -0.3 is 15.6 Å². The van der Waals surface area contributed by atoms with Crippen LogP contribution in [-0.4, -0.2) is 62.0 Å². The molecule has 4 N–H and O–H groups in total. The molecular weight excluding hydrogens is 384 g/mol. The second-order valence-electron chi connectivity index (χ2n) is 6.59.